The highest BCUT2D eigenvalue weighted by Crippen LogP contribution is 2.41. The molecule has 2 atom stereocenters. The lowest BCUT2D eigenvalue weighted by Crippen LogP contribution is -2.35. The zero-order valence-corrected chi connectivity index (χ0v) is 9.85. The van der Waals surface area contributed by atoms with Crippen LogP contribution in [-0.2, 0) is 16.0 Å². The van der Waals surface area contributed by atoms with Crippen molar-refractivity contribution in [3.63, 3.8) is 0 Å². The quantitative estimate of drug-likeness (QED) is 0.691. The predicted octanol–water partition coefficient (Wildman–Crippen LogP) is 2.07. The average molecular weight is 229 g/mol. The predicted molar refractivity (Wildman–Crippen MR) is 63.1 cm³/mol. The van der Waals surface area contributed by atoms with Gasteiger partial charge in [0.1, 0.15) is 0 Å². The molecular formula is C14H15NO2. The summed E-state index contributed by atoms with van der Waals surface area (Å²) in [4.78, 5) is 25.2. The van der Waals surface area contributed by atoms with Crippen LogP contribution < -0.4 is 0 Å². The van der Waals surface area contributed by atoms with Gasteiger partial charge in [0, 0.05) is 12.8 Å². The van der Waals surface area contributed by atoms with Crippen LogP contribution in [0.3, 0.4) is 0 Å². The van der Waals surface area contributed by atoms with Crippen molar-refractivity contribution in [2.45, 2.75) is 32.2 Å². The molecule has 1 heterocycles. The summed E-state index contributed by atoms with van der Waals surface area (Å²) in [7, 11) is 0. The van der Waals surface area contributed by atoms with Crippen molar-refractivity contribution in [1.29, 1.82) is 0 Å². The summed E-state index contributed by atoms with van der Waals surface area (Å²) in [6.45, 7) is 2.11. The van der Waals surface area contributed by atoms with Crippen molar-refractivity contribution >= 4 is 11.8 Å². The Morgan fingerprint density at radius 3 is 2.47 bits per heavy atom. The maximum atomic E-state index is 11.8. The van der Waals surface area contributed by atoms with E-state index in [1.807, 2.05) is 18.2 Å². The van der Waals surface area contributed by atoms with Gasteiger partial charge in [-0.2, -0.15) is 0 Å². The highest BCUT2D eigenvalue weighted by Gasteiger charge is 2.41. The summed E-state index contributed by atoms with van der Waals surface area (Å²) in [5.74, 6) is 0.311. The van der Waals surface area contributed by atoms with Gasteiger partial charge in [-0.3, -0.25) is 14.5 Å². The standard InChI is InChI=1S/C14H15NO2/c1-9-8-10-4-2-3-5-11(10)14(9)15-12(16)6-7-13(15)17/h2-5,9,14H,6-8H2,1H3/t9-,14+/m0/s1. The Labute approximate surface area is 100 Å². The molecule has 0 saturated carbocycles. The summed E-state index contributed by atoms with van der Waals surface area (Å²) in [5, 5.41) is 0. The number of imide groups is 1. The number of carbonyl (C=O) groups is 2. The molecule has 0 aromatic heterocycles. The van der Waals surface area contributed by atoms with Gasteiger partial charge >= 0.3 is 0 Å². The zero-order valence-electron chi connectivity index (χ0n) is 9.85. The van der Waals surface area contributed by atoms with Crippen LogP contribution in [-0.4, -0.2) is 16.7 Å². The van der Waals surface area contributed by atoms with Gasteiger partial charge in [-0.25, -0.2) is 0 Å². The van der Waals surface area contributed by atoms with Crippen molar-refractivity contribution in [1.82, 2.24) is 4.90 Å². The van der Waals surface area contributed by atoms with Gasteiger partial charge in [0.15, 0.2) is 0 Å². The number of carbonyl (C=O) groups excluding carboxylic acids is 2. The number of amides is 2. The first-order valence-corrected chi connectivity index (χ1v) is 6.11. The van der Waals surface area contributed by atoms with Crippen LogP contribution in [0.15, 0.2) is 24.3 Å². The van der Waals surface area contributed by atoms with Crippen molar-refractivity contribution in [2.24, 2.45) is 5.92 Å². The Kier molecular flexibility index (Phi) is 2.28. The first kappa shape index (κ1) is 10.5. The van der Waals surface area contributed by atoms with E-state index in [2.05, 4.69) is 13.0 Å². The zero-order chi connectivity index (χ0) is 12.0. The first-order valence-electron chi connectivity index (χ1n) is 6.11. The Morgan fingerprint density at radius 1 is 1.12 bits per heavy atom. The monoisotopic (exact) mass is 229 g/mol. The number of benzene rings is 1. The number of rotatable bonds is 1. The summed E-state index contributed by atoms with van der Waals surface area (Å²) >= 11 is 0. The van der Waals surface area contributed by atoms with Crippen LogP contribution in [0.4, 0.5) is 0 Å². The van der Waals surface area contributed by atoms with E-state index in [1.54, 1.807) is 0 Å². The second-order valence-corrected chi connectivity index (χ2v) is 4.98. The molecule has 1 fully saturated rings. The third kappa shape index (κ3) is 1.49. The highest BCUT2D eigenvalue weighted by atomic mass is 16.2. The van der Waals surface area contributed by atoms with Crippen LogP contribution >= 0.6 is 0 Å². The Bertz CT molecular complexity index is 479. The van der Waals surface area contributed by atoms with E-state index in [1.165, 1.54) is 10.5 Å². The van der Waals surface area contributed by atoms with Gasteiger partial charge in [0.2, 0.25) is 11.8 Å². The molecule has 2 aliphatic rings. The molecule has 0 N–H and O–H groups in total. The van der Waals surface area contributed by atoms with Gasteiger partial charge in [0.05, 0.1) is 6.04 Å². The van der Waals surface area contributed by atoms with Crippen LogP contribution in [0, 0.1) is 5.92 Å². The summed E-state index contributed by atoms with van der Waals surface area (Å²) < 4.78 is 0. The lowest BCUT2D eigenvalue weighted by Gasteiger charge is -2.26. The van der Waals surface area contributed by atoms with Crippen LogP contribution in [0.2, 0.25) is 0 Å². The van der Waals surface area contributed by atoms with Crippen LogP contribution in [0.5, 0.6) is 0 Å². The molecular weight excluding hydrogens is 214 g/mol. The molecule has 17 heavy (non-hydrogen) atoms. The van der Waals surface area contributed by atoms with Gasteiger partial charge < -0.3 is 0 Å². The van der Waals surface area contributed by atoms with Gasteiger partial charge in [0.25, 0.3) is 0 Å². The maximum absolute atomic E-state index is 11.8. The molecule has 2 amide bonds. The van der Waals surface area contributed by atoms with Crippen molar-refractivity contribution in [2.75, 3.05) is 0 Å². The van der Waals surface area contributed by atoms with Crippen molar-refractivity contribution in [3.05, 3.63) is 35.4 Å². The molecule has 3 heteroatoms. The summed E-state index contributed by atoms with van der Waals surface area (Å²) in [5.41, 5.74) is 2.43. The molecule has 1 aliphatic heterocycles. The molecule has 3 rings (SSSR count). The number of nitrogens with zero attached hydrogens (tertiary/aromatic N) is 1. The molecule has 88 valence electrons. The fourth-order valence-electron chi connectivity index (χ4n) is 3.07. The Balaban J connectivity index is 2.03. The van der Waals surface area contributed by atoms with E-state index in [4.69, 9.17) is 0 Å². The smallest absolute Gasteiger partial charge is 0.230 e. The minimum atomic E-state index is -0.0336. The van der Waals surface area contributed by atoms with Crippen LogP contribution in [0.25, 0.3) is 0 Å². The molecule has 0 spiro atoms. The fraction of sp³-hybridized carbons (Fsp3) is 0.429. The van der Waals surface area contributed by atoms with Crippen molar-refractivity contribution < 1.29 is 9.59 Å². The van der Waals surface area contributed by atoms with E-state index in [9.17, 15) is 9.59 Å². The van der Waals surface area contributed by atoms with Gasteiger partial charge in [-0.1, -0.05) is 31.2 Å². The lowest BCUT2D eigenvalue weighted by atomic mass is 10.0. The summed E-state index contributed by atoms with van der Waals surface area (Å²) in [6, 6.07) is 8.10. The normalized spacial score (nSPS) is 27.7. The lowest BCUT2D eigenvalue weighted by molar-refractivity contribution is -0.142. The minimum absolute atomic E-state index is 0.0106. The second-order valence-electron chi connectivity index (χ2n) is 4.98. The summed E-state index contributed by atoms with van der Waals surface area (Å²) in [6.07, 6.45) is 1.71. The topological polar surface area (TPSA) is 37.4 Å². The molecule has 1 aromatic rings. The Morgan fingerprint density at radius 2 is 1.76 bits per heavy atom. The van der Waals surface area contributed by atoms with Gasteiger partial charge in [-0.15, -0.1) is 0 Å². The Hall–Kier alpha value is -1.64. The minimum Gasteiger partial charge on any atom is -0.275 e. The number of hydrogen-bond donors (Lipinski definition) is 0. The molecule has 3 nitrogen and oxygen atoms in total. The van der Waals surface area contributed by atoms with E-state index in [0.717, 1.165) is 12.0 Å². The van der Waals surface area contributed by atoms with E-state index in [-0.39, 0.29) is 17.9 Å². The molecule has 0 unspecified atom stereocenters. The van der Waals surface area contributed by atoms with E-state index in [0.29, 0.717) is 18.8 Å². The third-order valence-corrected chi connectivity index (χ3v) is 3.82. The number of fused-ring (bicyclic) bond motifs is 1. The van der Waals surface area contributed by atoms with Crippen LogP contribution in [0.1, 0.15) is 36.9 Å². The molecule has 0 bridgehead atoms. The SMILES string of the molecule is C[C@H]1Cc2ccccc2[C@@H]1N1C(=O)CCC1=O. The van der Waals surface area contributed by atoms with E-state index < -0.39 is 0 Å². The number of likely N-dealkylation sites (tertiary alicyclic amines) is 1. The molecule has 0 radical (unpaired) electrons. The maximum Gasteiger partial charge on any atom is 0.230 e. The third-order valence-electron chi connectivity index (χ3n) is 3.82. The molecule has 1 aromatic carbocycles. The van der Waals surface area contributed by atoms with E-state index >= 15 is 0 Å². The second kappa shape index (κ2) is 3.69. The average Bonchev–Trinajstić information content (AvgIpc) is 2.79. The fourth-order valence-corrected chi connectivity index (χ4v) is 3.07. The highest BCUT2D eigenvalue weighted by molar-refractivity contribution is 6.02. The van der Waals surface area contributed by atoms with Crippen molar-refractivity contribution in [3.8, 4) is 0 Å². The van der Waals surface area contributed by atoms with Gasteiger partial charge in [-0.05, 0) is 23.5 Å². The molecule has 1 saturated heterocycles. The number of hydrogen-bond acceptors (Lipinski definition) is 2. The first-order chi connectivity index (χ1) is 8.18. The molecule has 1 aliphatic carbocycles. The largest absolute Gasteiger partial charge is 0.275 e.